The van der Waals surface area contributed by atoms with Crippen LogP contribution in [0.2, 0.25) is 0 Å². The Labute approximate surface area is 195 Å². The summed E-state index contributed by atoms with van der Waals surface area (Å²) in [5.41, 5.74) is 1.63. The minimum Gasteiger partial charge on any atom is -0.364 e. The molecule has 1 saturated heterocycles. The van der Waals surface area contributed by atoms with Crippen LogP contribution in [0.5, 0.6) is 0 Å². The fourth-order valence-corrected chi connectivity index (χ4v) is 4.11. The van der Waals surface area contributed by atoms with Gasteiger partial charge in [-0.25, -0.2) is 8.78 Å². The third kappa shape index (κ3) is 4.62. The summed E-state index contributed by atoms with van der Waals surface area (Å²) in [7, 11) is 1.64. The molecule has 1 aromatic heterocycles. The van der Waals surface area contributed by atoms with Gasteiger partial charge in [0, 0.05) is 30.7 Å². The van der Waals surface area contributed by atoms with Crippen LogP contribution < -0.4 is 5.32 Å². The number of hydrogen-bond donors (Lipinski definition) is 2. The minimum atomic E-state index is -0.721. The number of nitrogens with one attached hydrogen (secondary N) is 2. The maximum absolute atomic E-state index is 14.0. The smallest absolute Gasteiger partial charge is 0.243 e. The molecule has 9 heteroatoms. The number of anilines is 1. The second kappa shape index (κ2) is 9.35. The van der Waals surface area contributed by atoms with Gasteiger partial charge >= 0.3 is 0 Å². The van der Waals surface area contributed by atoms with Crippen LogP contribution in [0.4, 0.5) is 14.5 Å². The highest BCUT2D eigenvalue weighted by atomic mass is 19.1. The highest BCUT2D eigenvalue weighted by Crippen LogP contribution is 2.27. The first-order chi connectivity index (χ1) is 16.3. The first-order valence-corrected chi connectivity index (χ1v) is 10.7. The second-order valence-electron chi connectivity index (χ2n) is 8.32. The SMILES string of the molecule is C=C(c1cc2cc(F)cc(F)c2[nH]1)N(C)CC(=O)N1CC(C(=O)Nc2ccccc2)CC1C#N. The van der Waals surface area contributed by atoms with E-state index in [0.717, 1.165) is 6.07 Å². The van der Waals surface area contributed by atoms with Crippen molar-refractivity contribution in [2.24, 2.45) is 5.92 Å². The molecule has 2 heterocycles. The number of fused-ring (bicyclic) bond motifs is 1. The van der Waals surface area contributed by atoms with Crippen molar-refractivity contribution in [3.8, 4) is 6.07 Å². The van der Waals surface area contributed by atoms with Crippen molar-refractivity contribution in [3.63, 3.8) is 0 Å². The number of carbonyl (C=O) groups excluding carboxylic acids is 2. The number of likely N-dealkylation sites (N-methyl/N-ethyl adjacent to an activating group) is 1. The predicted molar refractivity (Wildman–Crippen MR) is 124 cm³/mol. The number of para-hydroxylation sites is 1. The average Bonchev–Trinajstić information content (AvgIpc) is 3.44. The first-order valence-electron chi connectivity index (χ1n) is 10.7. The Morgan fingerprint density at radius 2 is 2.00 bits per heavy atom. The number of halogens is 2. The van der Waals surface area contributed by atoms with Gasteiger partial charge in [-0.3, -0.25) is 9.59 Å². The van der Waals surface area contributed by atoms with Gasteiger partial charge < -0.3 is 20.1 Å². The summed E-state index contributed by atoms with van der Waals surface area (Å²) in [4.78, 5) is 31.5. The lowest BCUT2D eigenvalue weighted by molar-refractivity contribution is -0.131. The highest BCUT2D eigenvalue weighted by Gasteiger charge is 2.39. The van der Waals surface area contributed by atoms with Crippen molar-refractivity contribution in [1.82, 2.24) is 14.8 Å². The van der Waals surface area contributed by atoms with Crippen LogP contribution in [0.3, 0.4) is 0 Å². The van der Waals surface area contributed by atoms with Crippen molar-refractivity contribution in [1.29, 1.82) is 5.26 Å². The predicted octanol–water partition coefficient (Wildman–Crippen LogP) is 3.73. The topological polar surface area (TPSA) is 92.2 Å². The molecule has 2 unspecified atom stereocenters. The zero-order valence-electron chi connectivity index (χ0n) is 18.5. The van der Waals surface area contributed by atoms with E-state index in [-0.39, 0.29) is 36.8 Å². The summed E-state index contributed by atoms with van der Waals surface area (Å²) in [5.74, 6) is -2.49. The molecule has 3 aromatic rings. The lowest BCUT2D eigenvalue weighted by atomic mass is 10.1. The Balaban J connectivity index is 1.42. The first kappa shape index (κ1) is 23.0. The monoisotopic (exact) mass is 463 g/mol. The van der Waals surface area contributed by atoms with E-state index < -0.39 is 23.6 Å². The van der Waals surface area contributed by atoms with E-state index in [0.29, 0.717) is 22.5 Å². The molecule has 7 nitrogen and oxygen atoms in total. The molecule has 0 radical (unpaired) electrons. The van der Waals surface area contributed by atoms with Gasteiger partial charge in [0.25, 0.3) is 0 Å². The molecule has 2 atom stereocenters. The molecular formula is C25H23F2N5O2. The molecular weight excluding hydrogens is 440 g/mol. The Morgan fingerprint density at radius 3 is 2.71 bits per heavy atom. The van der Waals surface area contributed by atoms with Crippen LogP contribution in [0.1, 0.15) is 12.1 Å². The van der Waals surface area contributed by atoms with E-state index in [1.807, 2.05) is 6.07 Å². The minimum absolute atomic E-state index is 0.101. The van der Waals surface area contributed by atoms with Gasteiger partial charge in [0.15, 0.2) is 0 Å². The summed E-state index contributed by atoms with van der Waals surface area (Å²) in [6.07, 6.45) is 0.248. The molecule has 0 bridgehead atoms. The van der Waals surface area contributed by atoms with E-state index in [1.54, 1.807) is 42.3 Å². The number of amides is 2. The third-order valence-electron chi connectivity index (χ3n) is 5.97. The van der Waals surface area contributed by atoms with E-state index in [2.05, 4.69) is 22.9 Å². The maximum Gasteiger partial charge on any atom is 0.243 e. The molecule has 4 rings (SSSR count). The van der Waals surface area contributed by atoms with E-state index >= 15 is 0 Å². The molecule has 2 N–H and O–H groups in total. The number of H-pyrrole nitrogens is 1. The molecule has 174 valence electrons. The molecule has 0 spiro atoms. The van der Waals surface area contributed by atoms with Crippen LogP contribution in [0, 0.1) is 28.9 Å². The zero-order chi connectivity index (χ0) is 24.4. The fraction of sp³-hybridized carbons (Fsp3) is 0.240. The van der Waals surface area contributed by atoms with E-state index in [9.17, 15) is 23.6 Å². The van der Waals surface area contributed by atoms with Gasteiger partial charge in [0.2, 0.25) is 11.8 Å². The van der Waals surface area contributed by atoms with Crippen molar-refractivity contribution < 1.29 is 18.4 Å². The normalized spacial score (nSPS) is 17.4. The van der Waals surface area contributed by atoms with Crippen molar-refractivity contribution in [2.75, 3.05) is 25.5 Å². The number of aromatic nitrogens is 1. The van der Waals surface area contributed by atoms with Crippen LogP contribution >= 0.6 is 0 Å². The quantitative estimate of drug-likeness (QED) is 0.583. The molecule has 0 aliphatic carbocycles. The molecule has 1 fully saturated rings. The number of carbonyl (C=O) groups is 2. The number of nitriles is 1. The molecule has 2 amide bonds. The largest absolute Gasteiger partial charge is 0.364 e. The van der Waals surface area contributed by atoms with Gasteiger partial charge in [-0.2, -0.15) is 5.26 Å². The van der Waals surface area contributed by atoms with Gasteiger partial charge in [-0.15, -0.1) is 0 Å². The van der Waals surface area contributed by atoms with Crippen molar-refractivity contribution >= 4 is 34.1 Å². The Bertz CT molecular complexity index is 1300. The summed E-state index contributed by atoms with van der Waals surface area (Å²) in [6.45, 7) is 3.99. The molecule has 1 aliphatic rings. The lowest BCUT2D eigenvalue weighted by Crippen LogP contribution is -2.41. The molecule has 0 saturated carbocycles. The zero-order valence-corrected chi connectivity index (χ0v) is 18.5. The number of nitrogens with zero attached hydrogens (tertiary/aromatic N) is 3. The van der Waals surface area contributed by atoms with Crippen LogP contribution in [0.15, 0.2) is 55.1 Å². The third-order valence-corrected chi connectivity index (χ3v) is 5.97. The molecule has 34 heavy (non-hydrogen) atoms. The van der Waals surface area contributed by atoms with Crippen LogP contribution in [-0.2, 0) is 9.59 Å². The second-order valence-corrected chi connectivity index (χ2v) is 8.32. The summed E-state index contributed by atoms with van der Waals surface area (Å²) in [5, 5.41) is 12.7. The number of aromatic amines is 1. The summed E-state index contributed by atoms with van der Waals surface area (Å²) >= 11 is 0. The number of likely N-dealkylation sites (tertiary alicyclic amines) is 1. The van der Waals surface area contributed by atoms with Gasteiger partial charge in [0.05, 0.1) is 35.4 Å². The maximum atomic E-state index is 14.0. The number of rotatable bonds is 6. The molecule has 2 aromatic carbocycles. The Hall–Kier alpha value is -4.19. The Kier molecular flexibility index (Phi) is 6.32. The average molecular weight is 463 g/mol. The number of hydrogen-bond acceptors (Lipinski definition) is 4. The number of benzene rings is 2. The van der Waals surface area contributed by atoms with Gasteiger partial charge in [0.1, 0.15) is 17.7 Å². The summed E-state index contributed by atoms with van der Waals surface area (Å²) < 4.78 is 27.5. The highest BCUT2D eigenvalue weighted by molar-refractivity contribution is 5.94. The fourth-order valence-electron chi connectivity index (χ4n) is 4.11. The van der Waals surface area contributed by atoms with Crippen molar-refractivity contribution in [2.45, 2.75) is 12.5 Å². The van der Waals surface area contributed by atoms with Gasteiger partial charge in [-0.1, -0.05) is 24.8 Å². The van der Waals surface area contributed by atoms with Crippen molar-refractivity contribution in [3.05, 3.63) is 72.4 Å². The van der Waals surface area contributed by atoms with E-state index in [4.69, 9.17) is 0 Å². The van der Waals surface area contributed by atoms with Crippen LogP contribution in [0.25, 0.3) is 16.6 Å². The lowest BCUT2D eigenvalue weighted by Gasteiger charge is -2.25. The standard InChI is InChI=1S/C25H23F2N5O2/c1-15(22-10-16-8-18(26)11-21(27)24(16)30-22)31(2)14-23(33)32-13-17(9-20(32)12-28)25(34)29-19-6-4-3-5-7-19/h3-8,10-11,17,20,30H,1,9,13-14H2,2H3,(H,29,34). The van der Waals surface area contributed by atoms with Crippen LogP contribution in [-0.4, -0.2) is 52.8 Å². The molecule has 1 aliphatic heterocycles. The van der Waals surface area contributed by atoms with E-state index in [1.165, 1.54) is 11.0 Å². The van der Waals surface area contributed by atoms with Gasteiger partial charge in [-0.05, 0) is 30.7 Å². The summed E-state index contributed by atoms with van der Waals surface area (Å²) in [6, 6.07) is 13.9. The Morgan fingerprint density at radius 1 is 1.26 bits per heavy atom.